The molecule has 0 radical (unpaired) electrons. The number of hydrogen-bond donors (Lipinski definition) is 2. The van der Waals surface area contributed by atoms with E-state index >= 15 is 0 Å². The van der Waals surface area contributed by atoms with Gasteiger partial charge in [0.1, 0.15) is 5.75 Å². The smallest absolute Gasteiger partial charge is 0.384 e. The van der Waals surface area contributed by atoms with E-state index in [-0.39, 0.29) is 11.4 Å². The van der Waals surface area contributed by atoms with Gasteiger partial charge in [0.25, 0.3) is 0 Å². The van der Waals surface area contributed by atoms with Gasteiger partial charge in [-0.25, -0.2) is 4.79 Å². The molecule has 0 atom stereocenters. The number of rotatable bonds is 1. The molecule has 0 aliphatic heterocycles. The fourth-order valence-corrected chi connectivity index (χ4v) is 0.912. The van der Waals surface area contributed by atoms with Crippen LogP contribution in [0, 0.1) is 11.8 Å². The molecular formula is C11H11NO3. The molecule has 0 aromatic heterocycles. The molecule has 0 fully saturated rings. The van der Waals surface area contributed by atoms with E-state index in [0.717, 1.165) is 0 Å². The number of nitrogens with two attached hydrogens (primary N) is 1. The van der Waals surface area contributed by atoms with Crippen LogP contribution in [-0.2, 0) is 9.53 Å². The number of nitrogen functional groups attached to an aromatic ring is 1. The van der Waals surface area contributed by atoms with Crippen molar-refractivity contribution in [2.75, 3.05) is 12.3 Å². The summed E-state index contributed by atoms with van der Waals surface area (Å²) >= 11 is 0. The van der Waals surface area contributed by atoms with Gasteiger partial charge >= 0.3 is 5.97 Å². The Kier molecular flexibility index (Phi) is 3.58. The van der Waals surface area contributed by atoms with E-state index in [9.17, 15) is 9.90 Å². The van der Waals surface area contributed by atoms with Gasteiger partial charge in [-0.05, 0) is 25.1 Å². The summed E-state index contributed by atoms with van der Waals surface area (Å²) in [5.41, 5.74) is 6.19. The van der Waals surface area contributed by atoms with Crippen LogP contribution in [0.2, 0.25) is 0 Å². The number of phenols is 1. The lowest BCUT2D eigenvalue weighted by Crippen LogP contribution is -1.99. The van der Waals surface area contributed by atoms with Gasteiger partial charge < -0.3 is 15.6 Å². The molecule has 0 amide bonds. The third-order valence-electron chi connectivity index (χ3n) is 1.61. The molecule has 0 heterocycles. The van der Waals surface area contributed by atoms with E-state index < -0.39 is 5.97 Å². The average Bonchev–Trinajstić information content (AvgIpc) is 2.20. The maximum atomic E-state index is 10.9. The Bertz CT molecular complexity index is 429. The quantitative estimate of drug-likeness (QED) is 0.309. The van der Waals surface area contributed by atoms with Crippen molar-refractivity contribution in [3.63, 3.8) is 0 Å². The summed E-state index contributed by atoms with van der Waals surface area (Å²) in [7, 11) is 0. The van der Waals surface area contributed by atoms with Gasteiger partial charge in [-0.15, -0.1) is 0 Å². The van der Waals surface area contributed by atoms with E-state index in [4.69, 9.17) is 5.73 Å². The van der Waals surface area contributed by atoms with Crippen molar-refractivity contribution in [2.24, 2.45) is 0 Å². The molecule has 4 heteroatoms. The van der Waals surface area contributed by atoms with Crippen LogP contribution in [0.3, 0.4) is 0 Å². The van der Waals surface area contributed by atoms with Gasteiger partial charge in [0.05, 0.1) is 12.3 Å². The fraction of sp³-hybridized carbons (Fsp3) is 0.182. The highest BCUT2D eigenvalue weighted by Crippen LogP contribution is 2.19. The minimum atomic E-state index is -0.589. The molecule has 0 unspecified atom stereocenters. The van der Waals surface area contributed by atoms with Crippen LogP contribution in [0.1, 0.15) is 12.5 Å². The maximum Gasteiger partial charge on any atom is 0.384 e. The zero-order valence-corrected chi connectivity index (χ0v) is 8.28. The molecule has 4 nitrogen and oxygen atoms in total. The number of esters is 1. The number of hydrogen-bond acceptors (Lipinski definition) is 4. The van der Waals surface area contributed by atoms with Crippen molar-refractivity contribution < 1.29 is 14.6 Å². The third kappa shape index (κ3) is 3.24. The third-order valence-corrected chi connectivity index (χ3v) is 1.61. The lowest BCUT2D eigenvalue weighted by molar-refractivity contribution is -0.136. The summed E-state index contributed by atoms with van der Waals surface area (Å²) in [6, 6.07) is 4.52. The van der Waals surface area contributed by atoms with Crippen molar-refractivity contribution in [1.29, 1.82) is 0 Å². The first kappa shape index (κ1) is 10.9. The lowest BCUT2D eigenvalue weighted by Gasteiger charge is -1.97. The summed E-state index contributed by atoms with van der Waals surface area (Å²) in [5, 5.41) is 9.26. The zero-order valence-electron chi connectivity index (χ0n) is 8.28. The molecule has 0 bridgehead atoms. The van der Waals surface area contributed by atoms with E-state index in [0.29, 0.717) is 12.2 Å². The second-order valence-electron chi connectivity index (χ2n) is 2.74. The van der Waals surface area contributed by atoms with Crippen molar-refractivity contribution in [3.05, 3.63) is 23.8 Å². The summed E-state index contributed by atoms with van der Waals surface area (Å²) < 4.78 is 4.62. The van der Waals surface area contributed by atoms with Gasteiger partial charge in [-0.3, -0.25) is 0 Å². The molecule has 0 saturated carbocycles. The van der Waals surface area contributed by atoms with Gasteiger partial charge in [0, 0.05) is 11.5 Å². The maximum absolute atomic E-state index is 10.9. The topological polar surface area (TPSA) is 72.5 Å². The van der Waals surface area contributed by atoms with Crippen LogP contribution < -0.4 is 5.73 Å². The van der Waals surface area contributed by atoms with Gasteiger partial charge in [0.2, 0.25) is 0 Å². The standard InChI is InChI=1S/C11H11NO3/c1-2-15-11(14)6-4-8-3-5-9(12)10(13)7-8/h3,5,7,13H,2,12H2,1H3. The Morgan fingerprint density at radius 1 is 1.60 bits per heavy atom. The summed E-state index contributed by atoms with van der Waals surface area (Å²) in [6.45, 7) is 2.00. The fourth-order valence-electron chi connectivity index (χ4n) is 0.912. The Balaban J connectivity index is 2.80. The Morgan fingerprint density at radius 2 is 2.33 bits per heavy atom. The normalized spacial score (nSPS) is 8.87. The lowest BCUT2D eigenvalue weighted by atomic mass is 10.2. The van der Waals surface area contributed by atoms with E-state index in [2.05, 4.69) is 16.6 Å². The number of phenolic OH excluding ortho intramolecular Hbond substituents is 1. The summed E-state index contributed by atoms with van der Waals surface area (Å²) in [6.07, 6.45) is 0. The molecule has 78 valence electrons. The van der Waals surface area contributed by atoms with Crippen LogP contribution in [-0.4, -0.2) is 17.7 Å². The molecule has 0 aliphatic carbocycles. The van der Waals surface area contributed by atoms with Crippen molar-refractivity contribution in [1.82, 2.24) is 0 Å². The SMILES string of the molecule is CCOC(=O)C#Cc1ccc(N)c(O)c1. The molecule has 1 aromatic carbocycles. The minimum absolute atomic E-state index is 0.0503. The average molecular weight is 205 g/mol. The van der Waals surface area contributed by atoms with Crippen LogP contribution in [0.15, 0.2) is 18.2 Å². The Labute approximate surface area is 87.7 Å². The molecule has 3 N–H and O–H groups in total. The molecule has 0 spiro atoms. The molecule has 0 aliphatic rings. The first-order valence-corrected chi connectivity index (χ1v) is 4.40. The van der Waals surface area contributed by atoms with Crippen LogP contribution >= 0.6 is 0 Å². The van der Waals surface area contributed by atoms with Gasteiger partial charge in [0.15, 0.2) is 0 Å². The molecule has 0 saturated heterocycles. The monoisotopic (exact) mass is 205 g/mol. The Morgan fingerprint density at radius 3 is 2.93 bits per heavy atom. The number of benzene rings is 1. The molecule has 15 heavy (non-hydrogen) atoms. The Hall–Kier alpha value is -2.15. The molecule has 1 aromatic rings. The first-order chi connectivity index (χ1) is 7.13. The number of anilines is 1. The van der Waals surface area contributed by atoms with Crippen LogP contribution in [0.5, 0.6) is 5.75 Å². The highest BCUT2D eigenvalue weighted by Gasteiger charge is 1.97. The first-order valence-electron chi connectivity index (χ1n) is 4.40. The number of carbonyl (C=O) groups excluding carboxylic acids is 1. The predicted molar refractivity (Wildman–Crippen MR) is 56.0 cm³/mol. The van der Waals surface area contributed by atoms with Crippen molar-refractivity contribution in [3.8, 4) is 17.6 Å². The van der Waals surface area contributed by atoms with Gasteiger partial charge in [-0.2, -0.15) is 0 Å². The highest BCUT2D eigenvalue weighted by molar-refractivity contribution is 5.89. The van der Waals surface area contributed by atoms with E-state index in [1.807, 2.05) is 0 Å². The zero-order chi connectivity index (χ0) is 11.3. The van der Waals surface area contributed by atoms with Crippen molar-refractivity contribution >= 4 is 11.7 Å². The van der Waals surface area contributed by atoms with Crippen LogP contribution in [0.4, 0.5) is 5.69 Å². The van der Waals surface area contributed by atoms with Crippen LogP contribution in [0.25, 0.3) is 0 Å². The highest BCUT2D eigenvalue weighted by atomic mass is 16.5. The second kappa shape index (κ2) is 4.91. The van der Waals surface area contributed by atoms with Crippen molar-refractivity contribution in [2.45, 2.75) is 6.92 Å². The van der Waals surface area contributed by atoms with Gasteiger partial charge in [-0.1, -0.05) is 5.92 Å². The number of aromatic hydroxyl groups is 1. The summed E-state index contributed by atoms with van der Waals surface area (Å²) in [5.74, 6) is 4.20. The number of ether oxygens (including phenoxy) is 1. The van der Waals surface area contributed by atoms with E-state index in [1.54, 1.807) is 13.0 Å². The summed E-state index contributed by atoms with van der Waals surface area (Å²) in [4.78, 5) is 10.9. The largest absolute Gasteiger partial charge is 0.506 e. The molecular weight excluding hydrogens is 194 g/mol. The second-order valence-corrected chi connectivity index (χ2v) is 2.74. The molecule has 1 rings (SSSR count). The minimum Gasteiger partial charge on any atom is -0.506 e. The van der Waals surface area contributed by atoms with E-state index in [1.165, 1.54) is 12.1 Å². The number of carbonyl (C=O) groups is 1. The predicted octanol–water partition coefficient (Wildman–Crippen LogP) is 0.889.